The first-order valence-corrected chi connectivity index (χ1v) is 11.4. The fourth-order valence-corrected chi connectivity index (χ4v) is 4.66. The maximum Gasteiger partial charge on any atom is 0.256 e. The van der Waals surface area contributed by atoms with E-state index in [0.717, 1.165) is 36.8 Å². The SMILES string of the molecule is CC(=O)NC1CCC(Nc2ncc3c(-c4ccc5nc(C)n(CC(F)F)c5n4)ccn3n2)CC1. The highest BCUT2D eigenvalue weighted by Gasteiger charge is 2.22. The van der Waals surface area contributed by atoms with Gasteiger partial charge in [0.2, 0.25) is 11.9 Å². The van der Waals surface area contributed by atoms with E-state index in [0.29, 0.717) is 28.6 Å². The van der Waals surface area contributed by atoms with Crippen molar-refractivity contribution in [3.8, 4) is 11.3 Å². The van der Waals surface area contributed by atoms with Crippen molar-refractivity contribution in [1.29, 1.82) is 0 Å². The molecular formula is C23H26F2N8O. The summed E-state index contributed by atoms with van der Waals surface area (Å²) in [5.74, 6) is 1.05. The average Bonchev–Trinajstić information content (AvgIpc) is 3.34. The quantitative estimate of drug-likeness (QED) is 0.449. The summed E-state index contributed by atoms with van der Waals surface area (Å²) < 4.78 is 29.3. The zero-order valence-electron chi connectivity index (χ0n) is 19.0. The monoisotopic (exact) mass is 468 g/mol. The molecule has 0 unspecified atom stereocenters. The lowest BCUT2D eigenvalue weighted by atomic mass is 9.91. The van der Waals surface area contributed by atoms with Crippen molar-refractivity contribution in [2.45, 2.75) is 64.6 Å². The zero-order chi connectivity index (χ0) is 23.8. The van der Waals surface area contributed by atoms with Gasteiger partial charge in [0, 0.05) is 30.8 Å². The lowest BCUT2D eigenvalue weighted by Crippen LogP contribution is -2.39. The Kier molecular flexibility index (Phi) is 5.84. The van der Waals surface area contributed by atoms with Gasteiger partial charge in [-0.15, -0.1) is 5.10 Å². The van der Waals surface area contributed by atoms with E-state index >= 15 is 0 Å². The Morgan fingerprint density at radius 1 is 1.15 bits per heavy atom. The van der Waals surface area contributed by atoms with E-state index in [2.05, 4.69) is 30.7 Å². The number of nitrogens with zero attached hydrogens (tertiary/aromatic N) is 6. The largest absolute Gasteiger partial charge is 0.354 e. The zero-order valence-corrected chi connectivity index (χ0v) is 19.0. The first kappa shape index (κ1) is 22.2. The van der Waals surface area contributed by atoms with E-state index in [9.17, 15) is 13.6 Å². The molecule has 0 atom stereocenters. The standard InChI is InChI=1S/C23H26F2N8O/c1-13-27-19-8-7-18(30-22(19)32(13)12-21(24)25)17-9-10-33-20(17)11-26-23(31-33)29-16-5-3-15(4-6-16)28-14(2)34/h7-11,15-16,21H,3-6,12H2,1-2H3,(H,28,34)(H,29,31). The predicted molar refractivity (Wildman–Crippen MR) is 124 cm³/mol. The summed E-state index contributed by atoms with van der Waals surface area (Å²) in [5, 5.41) is 11.0. The maximum absolute atomic E-state index is 13.0. The molecule has 1 saturated carbocycles. The van der Waals surface area contributed by atoms with E-state index in [1.807, 2.05) is 18.3 Å². The van der Waals surface area contributed by atoms with Gasteiger partial charge in [-0.05, 0) is 50.8 Å². The maximum atomic E-state index is 13.0. The minimum Gasteiger partial charge on any atom is -0.354 e. The molecule has 2 N–H and O–H groups in total. The number of amides is 1. The Hall–Kier alpha value is -3.63. The van der Waals surface area contributed by atoms with Crippen molar-refractivity contribution in [2.24, 2.45) is 0 Å². The summed E-state index contributed by atoms with van der Waals surface area (Å²) in [6.07, 6.45) is 4.78. The number of carbonyl (C=O) groups is 1. The number of carbonyl (C=O) groups excluding carboxylic acids is 1. The van der Waals surface area contributed by atoms with Gasteiger partial charge in [-0.3, -0.25) is 4.79 Å². The lowest BCUT2D eigenvalue weighted by Gasteiger charge is -2.29. The Balaban J connectivity index is 1.36. The summed E-state index contributed by atoms with van der Waals surface area (Å²) >= 11 is 0. The molecule has 0 radical (unpaired) electrons. The smallest absolute Gasteiger partial charge is 0.256 e. The number of pyridine rings is 1. The number of halogens is 2. The Labute approximate surface area is 194 Å². The molecule has 178 valence electrons. The molecule has 11 heteroatoms. The Bertz CT molecular complexity index is 1340. The van der Waals surface area contributed by atoms with E-state index in [4.69, 9.17) is 0 Å². The van der Waals surface area contributed by atoms with Crippen LogP contribution in [0.25, 0.3) is 27.9 Å². The van der Waals surface area contributed by atoms with Crippen molar-refractivity contribution in [1.82, 2.24) is 34.4 Å². The van der Waals surface area contributed by atoms with Gasteiger partial charge in [-0.1, -0.05) is 0 Å². The number of alkyl halides is 2. The number of hydrogen-bond acceptors (Lipinski definition) is 6. The second-order valence-corrected chi connectivity index (χ2v) is 8.73. The van der Waals surface area contributed by atoms with Gasteiger partial charge in [0.15, 0.2) is 5.65 Å². The van der Waals surface area contributed by atoms with Crippen LogP contribution < -0.4 is 10.6 Å². The van der Waals surface area contributed by atoms with Gasteiger partial charge in [-0.2, -0.15) is 0 Å². The van der Waals surface area contributed by atoms with Crippen molar-refractivity contribution < 1.29 is 13.6 Å². The van der Waals surface area contributed by atoms with Crippen LogP contribution in [0.2, 0.25) is 0 Å². The van der Waals surface area contributed by atoms with Crippen LogP contribution in [-0.4, -0.2) is 53.5 Å². The molecule has 34 heavy (non-hydrogen) atoms. The Morgan fingerprint density at radius 3 is 2.65 bits per heavy atom. The summed E-state index contributed by atoms with van der Waals surface area (Å²) in [6.45, 7) is 2.80. The number of rotatable bonds is 6. The number of aromatic nitrogens is 6. The van der Waals surface area contributed by atoms with Crippen LogP contribution in [0.1, 0.15) is 38.4 Å². The molecule has 4 aromatic rings. The highest BCUT2D eigenvalue weighted by Crippen LogP contribution is 2.27. The minimum atomic E-state index is -2.49. The molecule has 1 amide bonds. The highest BCUT2D eigenvalue weighted by atomic mass is 19.3. The van der Waals surface area contributed by atoms with Crippen LogP contribution >= 0.6 is 0 Å². The average molecular weight is 469 g/mol. The first-order chi connectivity index (χ1) is 16.4. The topological polar surface area (TPSA) is 102 Å². The van der Waals surface area contributed by atoms with Gasteiger partial charge >= 0.3 is 0 Å². The summed E-state index contributed by atoms with van der Waals surface area (Å²) in [4.78, 5) is 24.7. The normalized spacial score (nSPS) is 18.6. The molecular weight excluding hydrogens is 442 g/mol. The third kappa shape index (κ3) is 4.42. The molecule has 9 nitrogen and oxygen atoms in total. The summed E-state index contributed by atoms with van der Waals surface area (Å²) in [5.41, 5.74) is 3.24. The van der Waals surface area contributed by atoms with Crippen molar-refractivity contribution in [3.05, 3.63) is 36.4 Å². The second-order valence-electron chi connectivity index (χ2n) is 8.73. The molecule has 0 spiro atoms. The second kappa shape index (κ2) is 8.96. The Morgan fingerprint density at radius 2 is 1.91 bits per heavy atom. The number of fused-ring (bicyclic) bond motifs is 2. The molecule has 0 aromatic carbocycles. The minimum absolute atomic E-state index is 0.0101. The van der Waals surface area contributed by atoms with Crippen LogP contribution in [0.15, 0.2) is 30.6 Å². The molecule has 4 aromatic heterocycles. The predicted octanol–water partition coefficient (Wildman–Crippen LogP) is 3.57. The molecule has 0 bridgehead atoms. The number of nitrogens with one attached hydrogen (secondary N) is 2. The molecule has 1 aliphatic carbocycles. The number of imidazole rings is 1. The van der Waals surface area contributed by atoms with E-state index in [1.165, 1.54) is 4.57 Å². The molecule has 1 aliphatic rings. The molecule has 1 fully saturated rings. The van der Waals surface area contributed by atoms with Gasteiger partial charge in [0.25, 0.3) is 6.43 Å². The number of hydrogen-bond donors (Lipinski definition) is 2. The van der Waals surface area contributed by atoms with Crippen molar-refractivity contribution in [3.63, 3.8) is 0 Å². The third-order valence-electron chi connectivity index (χ3n) is 6.26. The molecule has 4 heterocycles. The number of anilines is 1. The molecule has 0 aliphatic heterocycles. The molecule has 0 saturated heterocycles. The highest BCUT2D eigenvalue weighted by molar-refractivity contribution is 5.82. The van der Waals surface area contributed by atoms with Crippen LogP contribution in [0.3, 0.4) is 0 Å². The van der Waals surface area contributed by atoms with Crippen LogP contribution in [0.4, 0.5) is 14.7 Å². The van der Waals surface area contributed by atoms with Crippen molar-refractivity contribution >= 4 is 28.5 Å². The van der Waals surface area contributed by atoms with Gasteiger partial charge in [0.05, 0.1) is 24.0 Å². The first-order valence-electron chi connectivity index (χ1n) is 11.4. The summed E-state index contributed by atoms with van der Waals surface area (Å²) in [7, 11) is 0. The van der Waals surface area contributed by atoms with Crippen LogP contribution in [0, 0.1) is 6.92 Å². The third-order valence-corrected chi connectivity index (χ3v) is 6.26. The van der Waals surface area contributed by atoms with Crippen molar-refractivity contribution in [2.75, 3.05) is 5.32 Å². The van der Waals surface area contributed by atoms with E-state index in [1.54, 1.807) is 30.6 Å². The number of aryl methyl sites for hydroxylation is 1. The fraction of sp³-hybridized carbons (Fsp3) is 0.435. The summed E-state index contributed by atoms with van der Waals surface area (Å²) in [6, 6.07) is 6.00. The van der Waals surface area contributed by atoms with E-state index in [-0.39, 0.29) is 18.0 Å². The van der Waals surface area contributed by atoms with Crippen LogP contribution in [-0.2, 0) is 11.3 Å². The van der Waals surface area contributed by atoms with Crippen LogP contribution in [0.5, 0.6) is 0 Å². The fourth-order valence-electron chi connectivity index (χ4n) is 4.66. The van der Waals surface area contributed by atoms with Gasteiger partial charge in [-0.25, -0.2) is 28.2 Å². The van der Waals surface area contributed by atoms with Gasteiger partial charge < -0.3 is 15.2 Å². The van der Waals surface area contributed by atoms with Gasteiger partial charge in [0.1, 0.15) is 11.3 Å². The van der Waals surface area contributed by atoms with E-state index < -0.39 is 13.0 Å². The molecule has 5 rings (SSSR count). The lowest BCUT2D eigenvalue weighted by molar-refractivity contribution is -0.119.